The molecular weight excluding hydrogens is 313 g/mol. The lowest BCUT2D eigenvalue weighted by molar-refractivity contribution is 0.0921. The second kappa shape index (κ2) is 9.96. The molecule has 1 N–H and O–H groups in total. The van der Waals surface area contributed by atoms with Crippen LogP contribution in [0.4, 0.5) is 0 Å². The molecule has 0 aliphatic rings. The van der Waals surface area contributed by atoms with Crippen LogP contribution < -0.4 is 10.1 Å². The highest BCUT2D eigenvalue weighted by Crippen LogP contribution is 2.06. The lowest BCUT2D eigenvalue weighted by Gasteiger charge is -2.14. The molecule has 7 heteroatoms. The van der Waals surface area contributed by atoms with Crippen molar-refractivity contribution in [2.45, 2.75) is 13.0 Å². The van der Waals surface area contributed by atoms with E-state index in [1.807, 2.05) is 13.0 Å². The third-order valence-corrected chi connectivity index (χ3v) is 2.41. The lowest BCUT2D eigenvalue weighted by atomic mass is 10.3. The number of ether oxygens (including phenoxy) is 1. The van der Waals surface area contributed by atoms with Gasteiger partial charge in [-0.1, -0.05) is 6.07 Å². The van der Waals surface area contributed by atoms with Crippen molar-refractivity contribution in [3.8, 4) is 5.75 Å². The van der Waals surface area contributed by atoms with Crippen molar-refractivity contribution in [1.29, 1.82) is 0 Å². The fraction of sp³-hybridized carbons (Fsp3) is 0.214. The molecule has 2 heterocycles. The van der Waals surface area contributed by atoms with Gasteiger partial charge in [-0.3, -0.25) is 14.8 Å². The van der Waals surface area contributed by atoms with Gasteiger partial charge in [-0.2, -0.15) is 0 Å². The quantitative estimate of drug-likeness (QED) is 0.915. The summed E-state index contributed by atoms with van der Waals surface area (Å²) in [5.41, 5.74) is 0.399. The number of halogens is 2. The van der Waals surface area contributed by atoms with E-state index >= 15 is 0 Å². The monoisotopic (exact) mass is 329 g/mol. The van der Waals surface area contributed by atoms with Crippen LogP contribution in [-0.2, 0) is 0 Å². The highest BCUT2D eigenvalue weighted by Gasteiger charge is 2.10. The van der Waals surface area contributed by atoms with Gasteiger partial charge in [0, 0.05) is 12.4 Å². The van der Waals surface area contributed by atoms with Gasteiger partial charge in [-0.05, 0) is 31.2 Å². The molecule has 2 aromatic heterocycles. The Kier molecular flexibility index (Phi) is 9.08. The van der Waals surface area contributed by atoms with Crippen molar-refractivity contribution in [2.24, 2.45) is 0 Å². The van der Waals surface area contributed by atoms with Crippen molar-refractivity contribution in [3.63, 3.8) is 0 Å². The van der Waals surface area contributed by atoms with Gasteiger partial charge >= 0.3 is 0 Å². The normalized spacial score (nSPS) is 10.5. The van der Waals surface area contributed by atoms with Gasteiger partial charge in [0.15, 0.2) is 0 Å². The molecule has 0 aliphatic carbocycles. The second-order valence-corrected chi connectivity index (χ2v) is 4.09. The zero-order valence-electron chi connectivity index (χ0n) is 11.4. The number of rotatable bonds is 5. The molecule has 1 unspecified atom stereocenters. The number of aromatic nitrogens is 2. The van der Waals surface area contributed by atoms with Gasteiger partial charge < -0.3 is 10.1 Å². The first-order valence-electron chi connectivity index (χ1n) is 6.00. The number of nitrogens with one attached hydrogen (secondary N) is 1. The van der Waals surface area contributed by atoms with E-state index in [9.17, 15) is 4.79 Å². The van der Waals surface area contributed by atoms with Crippen LogP contribution in [0.5, 0.6) is 5.75 Å². The topological polar surface area (TPSA) is 64.1 Å². The Bertz CT molecular complexity index is 526. The van der Waals surface area contributed by atoms with E-state index in [4.69, 9.17) is 4.74 Å². The molecular formula is C14H17Cl2N3O2. The van der Waals surface area contributed by atoms with E-state index < -0.39 is 0 Å². The van der Waals surface area contributed by atoms with Gasteiger partial charge in [0.1, 0.15) is 18.1 Å². The van der Waals surface area contributed by atoms with Crippen LogP contribution in [0.1, 0.15) is 17.4 Å². The summed E-state index contributed by atoms with van der Waals surface area (Å²) in [4.78, 5) is 19.8. The van der Waals surface area contributed by atoms with Crippen LogP contribution in [0.2, 0.25) is 0 Å². The number of hydrogen-bond donors (Lipinski definition) is 1. The fourth-order valence-corrected chi connectivity index (χ4v) is 1.49. The average Bonchev–Trinajstić information content (AvgIpc) is 2.47. The molecule has 2 aromatic rings. The van der Waals surface area contributed by atoms with Gasteiger partial charge in [0.25, 0.3) is 5.91 Å². The third kappa shape index (κ3) is 6.42. The summed E-state index contributed by atoms with van der Waals surface area (Å²) < 4.78 is 5.51. The molecule has 1 atom stereocenters. The minimum atomic E-state index is -0.206. The maximum absolute atomic E-state index is 11.8. The van der Waals surface area contributed by atoms with Crippen molar-refractivity contribution in [3.05, 3.63) is 54.6 Å². The lowest BCUT2D eigenvalue weighted by Crippen LogP contribution is -2.37. The number of nitrogens with zero attached hydrogens (tertiary/aromatic N) is 2. The summed E-state index contributed by atoms with van der Waals surface area (Å²) in [6.45, 7) is 2.25. The third-order valence-electron chi connectivity index (χ3n) is 2.41. The van der Waals surface area contributed by atoms with Gasteiger partial charge in [-0.15, -0.1) is 24.8 Å². The molecule has 21 heavy (non-hydrogen) atoms. The molecule has 0 saturated carbocycles. The minimum Gasteiger partial charge on any atom is -0.490 e. The highest BCUT2D eigenvalue weighted by atomic mass is 35.5. The van der Waals surface area contributed by atoms with Crippen molar-refractivity contribution < 1.29 is 9.53 Å². The summed E-state index contributed by atoms with van der Waals surface area (Å²) in [5, 5.41) is 2.82. The summed E-state index contributed by atoms with van der Waals surface area (Å²) in [5.74, 6) is 0.476. The number of carbonyl (C=O) groups is 1. The van der Waals surface area contributed by atoms with Crippen LogP contribution in [0.15, 0.2) is 48.9 Å². The van der Waals surface area contributed by atoms with Crippen LogP contribution >= 0.6 is 24.8 Å². The van der Waals surface area contributed by atoms with E-state index in [1.165, 1.54) is 0 Å². The standard InChI is InChI=1S/C14H15N3O2.2ClH/c1-11(10-19-12-5-4-7-15-9-12)17-14(18)13-6-2-3-8-16-13;;/h2-9,11H,10H2,1H3,(H,17,18);2*1H. The predicted molar refractivity (Wildman–Crippen MR) is 85.4 cm³/mol. The first kappa shape index (κ1) is 19.1. The first-order chi connectivity index (χ1) is 9.25. The number of pyridine rings is 2. The molecule has 1 amide bonds. The summed E-state index contributed by atoms with van der Waals surface area (Å²) in [7, 11) is 0. The number of amides is 1. The van der Waals surface area contributed by atoms with E-state index in [-0.39, 0.29) is 36.8 Å². The smallest absolute Gasteiger partial charge is 0.270 e. The minimum absolute atomic E-state index is 0. The largest absolute Gasteiger partial charge is 0.490 e. The van der Waals surface area contributed by atoms with E-state index in [0.717, 1.165) is 0 Å². The Hall–Kier alpha value is -1.85. The predicted octanol–water partition coefficient (Wildman–Crippen LogP) is 2.52. The van der Waals surface area contributed by atoms with Crippen molar-refractivity contribution >= 4 is 30.7 Å². The maximum atomic E-state index is 11.8. The van der Waals surface area contributed by atoms with E-state index in [2.05, 4.69) is 15.3 Å². The van der Waals surface area contributed by atoms with Gasteiger partial charge in [0.05, 0.1) is 12.2 Å². The Labute approximate surface area is 136 Å². The maximum Gasteiger partial charge on any atom is 0.270 e. The molecule has 2 rings (SSSR count). The van der Waals surface area contributed by atoms with E-state index in [0.29, 0.717) is 18.1 Å². The Morgan fingerprint density at radius 3 is 2.67 bits per heavy atom. The zero-order chi connectivity index (χ0) is 13.5. The fourth-order valence-electron chi connectivity index (χ4n) is 1.49. The van der Waals surface area contributed by atoms with E-state index in [1.54, 1.807) is 42.9 Å². The molecule has 5 nitrogen and oxygen atoms in total. The van der Waals surface area contributed by atoms with Gasteiger partial charge in [-0.25, -0.2) is 0 Å². The molecule has 0 aromatic carbocycles. The molecule has 0 saturated heterocycles. The molecule has 0 spiro atoms. The molecule has 0 bridgehead atoms. The first-order valence-corrected chi connectivity index (χ1v) is 6.00. The average molecular weight is 330 g/mol. The van der Waals surface area contributed by atoms with Gasteiger partial charge in [0.2, 0.25) is 0 Å². The van der Waals surface area contributed by atoms with Crippen LogP contribution in [-0.4, -0.2) is 28.5 Å². The summed E-state index contributed by atoms with van der Waals surface area (Å²) in [6, 6.07) is 8.72. The highest BCUT2D eigenvalue weighted by molar-refractivity contribution is 5.92. The van der Waals surface area contributed by atoms with Crippen LogP contribution in [0.3, 0.4) is 0 Å². The van der Waals surface area contributed by atoms with Crippen molar-refractivity contribution in [1.82, 2.24) is 15.3 Å². The molecule has 0 fully saturated rings. The number of carbonyl (C=O) groups excluding carboxylic acids is 1. The number of hydrogen-bond acceptors (Lipinski definition) is 4. The van der Waals surface area contributed by atoms with Crippen LogP contribution in [0, 0.1) is 0 Å². The second-order valence-electron chi connectivity index (χ2n) is 4.09. The molecule has 114 valence electrons. The molecule has 0 aliphatic heterocycles. The zero-order valence-corrected chi connectivity index (χ0v) is 13.1. The summed E-state index contributed by atoms with van der Waals surface area (Å²) in [6.07, 6.45) is 4.90. The van der Waals surface area contributed by atoms with Crippen LogP contribution in [0.25, 0.3) is 0 Å². The molecule has 0 radical (unpaired) electrons. The van der Waals surface area contributed by atoms with Crippen molar-refractivity contribution in [2.75, 3.05) is 6.61 Å². The Morgan fingerprint density at radius 1 is 1.24 bits per heavy atom. The summed E-state index contributed by atoms with van der Waals surface area (Å²) >= 11 is 0. The SMILES string of the molecule is CC(COc1cccnc1)NC(=O)c1ccccn1.Cl.Cl. The Morgan fingerprint density at radius 2 is 2.05 bits per heavy atom. The Balaban J connectivity index is 0.00000200.